The van der Waals surface area contributed by atoms with Crippen LogP contribution in [0.3, 0.4) is 0 Å². The van der Waals surface area contributed by atoms with Gasteiger partial charge in [-0.1, -0.05) is 20.8 Å². The van der Waals surface area contributed by atoms with Crippen molar-refractivity contribution in [1.82, 2.24) is 10.6 Å². The summed E-state index contributed by atoms with van der Waals surface area (Å²) in [6, 6.07) is 0.0328. The summed E-state index contributed by atoms with van der Waals surface area (Å²) in [6.45, 7) is 13.3. The van der Waals surface area contributed by atoms with Gasteiger partial charge in [0.2, 0.25) is 5.91 Å². The van der Waals surface area contributed by atoms with Crippen LogP contribution in [0.15, 0.2) is 0 Å². The number of alkyl carbamates (subject to hydrolysis) is 1. The monoisotopic (exact) mass is 258 g/mol. The zero-order valence-corrected chi connectivity index (χ0v) is 12.5. The van der Waals surface area contributed by atoms with Crippen molar-refractivity contribution in [2.75, 3.05) is 6.54 Å². The van der Waals surface area contributed by atoms with Gasteiger partial charge in [-0.15, -0.1) is 0 Å². The maximum Gasteiger partial charge on any atom is 0.408 e. The number of carbonyl (C=O) groups is 2. The number of rotatable bonds is 3. The first-order chi connectivity index (χ1) is 7.92. The van der Waals surface area contributed by atoms with Crippen molar-refractivity contribution in [3.8, 4) is 0 Å². The van der Waals surface area contributed by atoms with E-state index in [1.807, 2.05) is 27.7 Å². The summed E-state index contributed by atoms with van der Waals surface area (Å²) >= 11 is 0. The highest BCUT2D eigenvalue weighted by Gasteiger charge is 2.22. The van der Waals surface area contributed by atoms with Crippen LogP contribution in [0.5, 0.6) is 0 Å². The zero-order chi connectivity index (χ0) is 14.6. The molecule has 18 heavy (non-hydrogen) atoms. The first kappa shape index (κ1) is 16.7. The summed E-state index contributed by atoms with van der Waals surface area (Å²) in [7, 11) is 0. The fourth-order valence-electron chi connectivity index (χ4n) is 0.976. The Labute approximate surface area is 110 Å². The lowest BCUT2D eigenvalue weighted by Crippen LogP contribution is -2.46. The van der Waals surface area contributed by atoms with Crippen molar-refractivity contribution >= 4 is 12.0 Å². The Morgan fingerprint density at radius 1 is 1.11 bits per heavy atom. The summed E-state index contributed by atoms with van der Waals surface area (Å²) < 4.78 is 5.03. The first-order valence-electron chi connectivity index (χ1n) is 6.18. The SMILES string of the molecule is CC(NC(=O)CNC(=O)OC(C)(C)C)C(C)(C)C. The Bertz CT molecular complexity index is 300. The average molecular weight is 258 g/mol. The molecule has 0 aliphatic rings. The Kier molecular flexibility index (Phi) is 5.64. The van der Waals surface area contributed by atoms with E-state index in [1.54, 1.807) is 20.8 Å². The molecule has 1 atom stereocenters. The molecule has 1 unspecified atom stereocenters. The molecule has 5 heteroatoms. The molecule has 106 valence electrons. The summed E-state index contributed by atoms with van der Waals surface area (Å²) in [5.41, 5.74) is -0.569. The molecular formula is C13H26N2O3. The van der Waals surface area contributed by atoms with Gasteiger partial charge in [0, 0.05) is 6.04 Å². The summed E-state index contributed by atoms with van der Waals surface area (Å²) in [4.78, 5) is 22.9. The number of hydrogen-bond acceptors (Lipinski definition) is 3. The van der Waals surface area contributed by atoms with Gasteiger partial charge in [0.1, 0.15) is 12.1 Å². The van der Waals surface area contributed by atoms with Gasteiger partial charge >= 0.3 is 6.09 Å². The number of carbonyl (C=O) groups excluding carboxylic acids is 2. The largest absolute Gasteiger partial charge is 0.444 e. The topological polar surface area (TPSA) is 67.4 Å². The van der Waals surface area contributed by atoms with Gasteiger partial charge in [0.25, 0.3) is 0 Å². The molecule has 0 fully saturated rings. The maximum absolute atomic E-state index is 11.6. The molecule has 0 radical (unpaired) electrons. The Hall–Kier alpha value is -1.26. The zero-order valence-electron chi connectivity index (χ0n) is 12.5. The van der Waals surface area contributed by atoms with E-state index in [0.717, 1.165) is 0 Å². The van der Waals surface area contributed by atoms with Crippen LogP contribution in [0.4, 0.5) is 4.79 Å². The molecule has 0 heterocycles. The van der Waals surface area contributed by atoms with Gasteiger partial charge in [0.15, 0.2) is 0 Å². The lowest BCUT2D eigenvalue weighted by Gasteiger charge is -2.28. The van der Waals surface area contributed by atoms with Gasteiger partial charge in [-0.25, -0.2) is 4.79 Å². The second-order valence-electron chi connectivity index (χ2n) is 6.51. The van der Waals surface area contributed by atoms with E-state index in [0.29, 0.717) is 0 Å². The van der Waals surface area contributed by atoms with Crippen molar-refractivity contribution in [1.29, 1.82) is 0 Å². The molecule has 0 aliphatic carbocycles. The Morgan fingerprint density at radius 2 is 1.61 bits per heavy atom. The van der Waals surface area contributed by atoms with Crippen molar-refractivity contribution in [3.63, 3.8) is 0 Å². The Balaban J connectivity index is 4.02. The second-order valence-corrected chi connectivity index (χ2v) is 6.51. The molecule has 0 aromatic rings. The minimum Gasteiger partial charge on any atom is -0.444 e. The van der Waals surface area contributed by atoms with Gasteiger partial charge < -0.3 is 15.4 Å². The van der Waals surface area contributed by atoms with Crippen LogP contribution < -0.4 is 10.6 Å². The minimum absolute atomic E-state index is 0.0123. The number of nitrogens with one attached hydrogen (secondary N) is 2. The first-order valence-corrected chi connectivity index (χ1v) is 6.18. The number of ether oxygens (including phenoxy) is 1. The van der Waals surface area contributed by atoms with Gasteiger partial charge in [0.05, 0.1) is 0 Å². The van der Waals surface area contributed by atoms with Crippen LogP contribution in [0, 0.1) is 5.41 Å². The van der Waals surface area contributed by atoms with Crippen LogP contribution >= 0.6 is 0 Å². The van der Waals surface area contributed by atoms with Gasteiger partial charge in [-0.05, 0) is 33.1 Å². The molecule has 0 saturated carbocycles. The van der Waals surface area contributed by atoms with E-state index >= 15 is 0 Å². The molecule has 5 nitrogen and oxygen atoms in total. The molecule has 0 aromatic carbocycles. The molecule has 0 rings (SSSR count). The average Bonchev–Trinajstić information content (AvgIpc) is 2.10. The smallest absolute Gasteiger partial charge is 0.408 e. The summed E-state index contributed by atoms with van der Waals surface area (Å²) in [6.07, 6.45) is -0.582. The fourth-order valence-corrected chi connectivity index (χ4v) is 0.976. The fraction of sp³-hybridized carbons (Fsp3) is 0.846. The third-order valence-corrected chi connectivity index (χ3v) is 2.47. The Morgan fingerprint density at radius 3 is 2.00 bits per heavy atom. The van der Waals surface area contributed by atoms with Gasteiger partial charge in [-0.2, -0.15) is 0 Å². The third-order valence-electron chi connectivity index (χ3n) is 2.47. The van der Waals surface area contributed by atoms with Crippen molar-refractivity contribution in [2.24, 2.45) is 5.41 Å². The van der Waals surface area contributed by atoms with Crippen LogP contribution in [-0.4, -0.2) is 30.2 Å². The standard InChI is InChI=1S/C13H26N2O3/c1-9(12(2,3)4)15-10(16)8-14-11(17)18-13(5,6)7/h9H,8H2,1-7H3,(H,14,17)(H,15,16). The van der Waals surface area contributed by atoms with Crippen molar-refractivity contribution in [2.45, 2.75) is 60.1 Å². The molecule has 0 aromatic heterocycles. The lowest BCUT2D eigenvalue weighted by atomic mass is 9.88. The predicted octanol–water partition coefficient (Wildman–Crippen LogP) is 2.06. The third kappa shape index (κ3) is 7.92. The van der Waals surface area contributed by atoms with Crippen LogP contribution in [0.25, 0.3) is 0 Å². The van der Waals surface area contributed by atoms with E-state index in [-0.39, 0.29) is 23.9 Å². The van der Waals surface area contributed by atoms with E-state index in [2.05, 4.69) is 10.6 Å². The van der Waals surface area contributed by atoms with Crippen molar-refractivity contribution in [3.05, 3.63) is 0 Å². The highest BCUT2D eigenvalue weighted by atomic mass is 16.6. The number of amides is 2. The molecule has 2 N–H and O–H groups in total. The normalized spacial score (nSPS) is 13.7. The van der Waals surface area contributed by atoms with Crippen molar-refractivity contribution < 1.29 is 14.3 Å². The quantitative estimate of drug-likeness (QED) is 0.814. The van der Waals surface area contributed by atoms with Gasteiger partial charge in [-0.3, -0.25) is 4.79 Å². The predicted molar refractivity (Wildman–Crippen MR) is 71.3 cm³/mol. The van der Waals surface area contributed by atoms with Crippen LogP contribution in [0.1, 0.15) is 48.5 Å². The van der Waals surface area contributed by atoms with E-state index in [1.165, 1.54) is 0 Å². The molecular weight excluding hydrogens is 232 g/mol. The van der Waals surface area contributed by atoms with E-state index in [4.69, 9.17) is 4.74 Å². The second kappa shape index (κ2) is 6.07. The van der Waals surface area contributed by atoms with Crippen LogP contribution in [-0.2, 0) is 9.53 Å². The number of hydrogen-bond donors (Lipinski definition) is 2. The molecule has 0 bridgehead atoms. The molecule has 0 aliphatic heterocycles. The van der Waals surface area contributed by atoms with Crippen LogP contribution in [0.2, 0.25) is 0 Å². The highest BCUT2D eigenvalue weighted by molar-refractivity contribution is 5.82. The summed E-state index contributed by atoms with van der Waals surface area (Å²) in [5, 5.41) is 5.25. The molecule has 0 spiro atoms. The lowest BCUT2D eigenvalue weighted by molar-refractivity contribution is -0.121. The molecule has 0 saturated heterocycles. The molecule has 2 amide bonds. The van der Waals surface area contributed by atoms with E-state index < -0.39 is 11.7 Å². The maximum atomic E-state index is 11.6. The van der Waals surface area contributed by atoms with E-state index in [9.17, 15) is 9.59 Å². The minimum atomic E-state index is -0.582. The summed E-state index contributed by atoms with van der Waals surface area (Å²) in [5.74, 6) is -0.219. The highest BCUT2D eigenvalue weighted by Crippen LogP contribution is 2.18.